The predicted molar refractivity (Wildman–Crippen MR) is 63.1 cm³/mol. The molecule has 0 bridgehead atoms. The third-order valence-corrected chi connectivity index (χ3v) is 2.00. The average molecular weight is 238 g/mol. The minimum atomic E-state index is -0.500. The van der Waals surface area contributed by atoms with Gasteiger partial charge in [-0.3, -0.25) is 0 Å². The molecule has 94 valence electrons. The first-order chi connectivity index (χ1) is 7.78. The van der Waals surface area contributed by atoms with Gasteiger partial charge in [0.25, 0.3) is 0 Å². The summed E-state index contributed by atoms with van der Waals surface area (Å²) in [7, 11) is 1.66. The van der Waals surface area contributed by atoms with E-state index in [9.17, 15) is 10.0 Å². The molecule has 5 heteroatoms. The van der Waals surface area contributed by atoms with Gasteiger partial charge in [0.15, 0.2) is 12.4 Å². The number of carbonyl (C=O) groups excluding carboxylic acids is 1. The predicted octanol–water partition coefficient (Wildman–Crippen LogP) is 1.69. The van der Waals surface area contributed by atoms with E-state index in [4.69, 9.17) is 4.74 Å². The molecular formula is C12H18N2O3. The second kappa shape index (κ2) is 5.03. The Morgan fingerprint density at radius 2 is 1.94 bits per heavy atom. The molecule has 1 rings (SSSR count). The highest BCUT2D eigenvalue weighted by atomic mass is 16.6. The van der Waals surface area contributed by atoms with Crippen LogP contribution in [-0.2, 0) is 11.3 Å². The van der Waals surface area contributed by atoms with E-state index in [1.165, 1.54) is 17.3 Å². The van der Waals surface area contributed by atoms with Crippen molar-refractivity contribution in [2.24, 2.45) is 0 Å². The SMILES string of the molecule is CN(Cc1cc[n+]([O-])cc1)C(=O)OC(C)(C)C. The van der Waals surface area contributed by atoms with Crippen molar-refractivity contribution in [3.8, 4) is 0 Å². The Bertz CT molecular complexity index is 382. The molecule has 0 saturated carbocycles. The van der Waals surface area contributed by atoms with Gasteiger partial charge < -0.3 is 14.8 Å². The number of hydrogen-bond acceptors (Lipinski definition) is 3. The molecule has 0 N–H and O–H groups in total. The summed E-state index contributed by atoms with van der Waals surface area (Å²) in [5, 5.41) is 10.8. The molecule has 0 fully saturated rings. The Balaban J connectivity index is 2.57. The standard InChI is InChI=1S/C12H18N2O3/c1-12(2,3)17-11(15)13(4)9-10-5-7-14(16)8-6-10/h5-8H,9H2,1-4H3. The molecule has 0 spiro atoms. The minimum Gasteiger partial charge on any atom is -0.619 e. The van der Waals surface area contributed by atoms with Crippen LogP contribution < -0.4 is 4.73 Å². The van der Waals surface area contributed by atoms with Crippen LogP contribution in [0, 0.1) is 5.21 Å². The van der Waals surface area contributed by atoms with Crippen LogP contribution in [0.1, 0.15) is 26.3 Å². The molecule has 1 aromatic rings. The quantitative estimate of drug-likeness (QED) is 0.582. The molecule has 0 radical (unpaired) electrons. The topological polar surface area (TPSA) is 56.5 Å². The molecule has 0 aliphatic rings. The van der Waals surface area contributed by atoms with Gasteiger partial charge in [-0.25, -0.2) is 4.79 Å². The van der Waals surface area contributed by atoms with Crippen LogP contribution in [0.25, 0.3) is 0 Å². The fraction of sp³-hybridized carbons (Fsp3) is 0.500. The second-order valence-corrected chi connectivity index (χ2v) is 4.90. The van der Waals surface area contributed by atoms with E-state index in [-0.39, 0.29) is 6.09 Å². The maximum atomic E-state index is 11.7. The molecule has 1 aromatic heterocycles. The van der Waals surface area contributed by atoms with Gasteiger partial charge in [0, 0.05) is 25.7 Å². The van der Waals surface area contributed by atoms with Gasteiger partial charge in [-0.05, 0) is 26.3 Å². The highest BCUT2D eigenvalue weighted by Gasteiger charge is 2.19. The molecule has 17 heavy (non-hydrogen) atoms. The van der Waals surface area contributed by atoms with Gasteiger partial charge in [0.05, 0.1) is 0 Å². The minimum absolute atomic E-state index is 0.378. The zero-order valence-electron chi connectivity index (χ0n) is 10.6. The number of aromatic nitrogens is 1. The van der Waals surface area contributed by atoms with Crippen LogP contribution in [0.5, 0.6) is 0 Å². The summed E-state index contributed by atoms with van der Waals surface area (Å²) < 4.78 is 5.92. The summed E-state index contributed by atoms with van der Waals surface area (Å²) in [5.41, 5.74) is 0.380. The largest absolute Gasteiger partial charge is 0.619 e. The van der Waals surface area contributed by atoms with E-state index in [2.05, 4.69) is 0 Å². The third kappa shape index (κ3) is 4.72. The van der Waals surface area contributed by atoms with E-state index in [1.807, 2.05) is 20.8 Å². The number of ether oxygens (including phenoxy) is 1. The third-order valence-electron chi connectivity index (χ3n) is 2.00. The van der Waals surface area contributed by atoms with E-state index >= 15 is 0 Å². The maximum absolute atomic E-state index is 11.7. The zero-order chi connectivity index (χ0) is 13.1. The maximum Gasteiger partial charge on any atom is 0.410 e. The zero-order valence-corrected chi connectivity index (χ0v) is 10.6. The summed E-state index contributed by atoms with van der Waals surface area (Å²) in [5.74, 6) is 0. The molecule has 1 heterocycles. The summed E-state index contributed by atoms with van der Waals surface area (Å²) in [6, 6.07) is 3.35. The molecule has 0 saturated heterocycles. The Kier molecular flexibility index (Phi) is 3.93. The van der Waals surface area contributed by atoms with Gasteiger partial charge >= 0.3 is 6.09 Å². The molecule has 0 aliphatic carbocycles. The van der Waals surface area contributed by atoms with E-state index in [1.54, 1.807) is 19.2 Å². The van der Waals surface area contributed by atoms with Gasteiger partial charge in [0.1, 0.15) is 5.60 Å². The highest BCUT2D eigenvalue weighted by Crippen LogP contribution is 2.10. The molecule has 0 aromatic carbocycles. The summed E-state index contributed by atoms with van der Waals surface area (Å²) >= 11 is 0. The van der Waals surface area contributed by atoms with E-state index in [0.29, 0.717) is 11.3 Å². The number of amides is 1. The van der Waals surface area contributed by atoms with Crippen molar-refractivity contribution in [1.29, 1.82) is 0 Å². The lowest BCUT2D eigenvalue weighted by Gasteiger charge is -2.24. The first-order valence-electron chi connectivity index (χ1n) is 5.40. The first kappa shape index (κ1) is 13.3. The monoisotopic (exact) mass is 238 g/mol. The van der Waals surface area contributed by atoms with Crippen LogP contribution in [0.2, 0.25) is 0 Å². The number of nitrogens with zero attached hydrogens (tertiary/aromatic N) is 2. The van der Waals surface area contributed by atoms with Crippen LogP contribution in [-0.4, -0.2) is 23.6 Å². The normalized spacial score (nSPS) is 11.1. The Morgan fingerprint density at radius 3 is 2.41 bits per heavy atom. The number of hydrogen-bond donors (Lipinski definition) is 0. The smallest absolute Gasteiger partial charge is 0.410 e. The molecular weight excluding hydrogens is 220 g/mol. The highest BCUT2D eigenvalue weighted by molar-refractivity contribution is 5.67. The van der Waals surface area contributed by atoms with Crippen LogP contribution in [0.4, 0.5) is 4.79 Å². The molecule has 1 amide bonds. The van der Waals surface area contributed by atoms with Gasteiger partial charge in [0.2, 0.25) is 0 Å². The second-order valence-electron chi connectivity index (χ2n) is 4.90. The van der Waals surface area contributed by atoms with E-state index in [0.717, 1.165) is 5.56 Å². The van der Waals surface area contributed by atoms with Crippen LogP contribution in [0.3, 0.4) is 0 Å². The molecule has 0 unspecified atom stereocenters. The number of carbonyl (C=O) groups is 1. The van der Waals surface area contributed by atoms with Crippen molar-refractivity contribution in [2.75, 3.05) is 7.05 Å². The van der Waals surface area contributed by atoms with Gasteiger partial charge in [-0.2, -0.15) is 4.73 Å². The Labute approximate surface area is 101 Å². The Morgan fingerprint density at radius 1 is 1.41 bits per heavy atom. The lowest BCUT2D eigenvalue weighted by Crippen LogP contribution is -2.34. The van der Waals surface area contributed by atoms with Gasteiger partial charge in [-0.15, -0.1) is 0 Å². The molecule has 5 nitrogen and oxygen atoms in total. The van der Waals surface area contributed by atoms with Crippen molar-refractivity contribution in [3.05, 3.63) is 35.3 Å². The average Bonchev–Trinajstić information content (AvgIpc) is 2.19. The Hall–Kier alpha value is -1.78. The van der Waals surface area contributed by atoms with Crippen molar-refractivity contribution in [2.45, 2.75) is 32.9 Å². The molecule has 0 aliphatic heterocycles. The van der Waals surface area contributed by atoms with Crippen LogP contribution in [0.15, 0.2) is 24.5 Å². The van der Waals surface area contributed by atoms with Crippen LogP contribution >= 0.6 is 0 Å². The first-order valence-corrected chi connectivity index (χ1v) is 5.40. The van der Waals surface area contributed by atoms with Crippen molar-refractivity contribution in [3.63, 3.8) is 0 Å². The van der Waals surface area contributed by atoms with Crippen molar-refractivity contribution < 1.29 is 14.3 Å². The lowest BCUT2D eigenvalue weighted by atomic mass is 10.2. The summed E-state index contributed by atoms with van der Waals surface area (Å²) in [6.07, 6.45) is 2.42. The van der Waals surface area contributed by atoms with E-state index < -0.39 is 5.60 Å². The van der Waals surface area contributed by atoms with Crippen molar-refractivity contribution in [1.82, 2.24) is 4.90 Å². The number of rotatable bonds is 2. The fourth-order valence-corrected chi connectivity index (χ4v) is 1.23. The van der Waals surface area contributed by atoms with Gasteiger partial charge in [-0.1, -0.05) is 0 Å². The summed E-state index contributed by atoms with van der Waals surface area (Å²) in [4.78, 5) is 13.1. The fourth-order valence-electron chi connectivity index (χ4n) is 1.23. The molecule has 0 atom stereocenters. The van der Waals surface area contributed by atoms with Crippen molar-refractivity contribution >= 4 is 6.09 Å². The lowest BCUT2D eigenvalue weighted by molar-refractivity contribution is -0.605. The number of pyridine rings is 1. The summed E-state index contributed by atoms with van der Waals surface area (Å²) in [6.45, 7) is 5.88.